The van der Waals surface area contributed by atoms with Gasteiger partial charge in [0.05, 0.1) is 0 Å². The van der Waals surface area contributed by atoms with Crippen LogP contribution in [0.1, 0.15) is 60.7 Å². The summed E-state index contributed by atoms with van der Waals surface area (Å²) in [5.41, 5.74) is 4.47. The van der Waals surface area contributed by atoms with Crippen molar-refractivity contribution >= 4 is 10.9 Å². The van der Waals surface area contributed by atoms with E-state index in [1.54, 1.807) is 0 Å². The van der Waals surface area contributed by atoms with Gasteiger partial charge >= 0.3 is 169 Å². The third-order valence-corrected chi connectivity index (χ3v) is 9.31. The number of hydrogen-bond donors (Lipinski definition) is 0. The number of alkyl halides is 3. The van der Waals surface area contributed by atoms with Crippen LogP contribution in [0.4, 0.5) is 4.39 Å². The molecule has 5 rings (SSSR count). The zero-order valence-electron chi connectivity index (χ0n) is 17.2. The van der Waals surface area contributed by atoms with E-state index in [4.69, 9.17) is 4.98 Å². The van der Waals surface area contributed by atoms with Gasteiger partial charge in [0.25, 0.3) is 0 Å². The number of rotatable bonds is 3. The van der Waals surface area contributed by atoms with Gasteiger partial charge in [-0.3, -0.25) is 0 Å². The van der Waals surface area contributed by atoms with E-state index in [1.807, 2.05) is 17.8 Å². The van der Waals surface area contributed by atoms with Crippen LogP contribution in [-0.4, -0.2) is 34.8 Å². The van der Waals surface area contributed by atoms with Gasteiger partial charge in [-0.2, -0.15) is 0 Å². The van der Waals surface area contributed by atoms with Crippen LogP contribution in [0.5, 0.6) is 0 Å². The second-order valence-corrected chi connectivity index (χ2v) is 11.8. The monoisotopic (exact) mass is 505 g/mol. The molecular formula is C23H27FIN4-. The number of aromatic nitrogens is 4. The van der Waals surface area contributed by atoms with Crippen molar-refractivity contribution < 1.29 is 25.6 Å². The summed E-state index contributed by atoms with van der Waals surface area (Å²) in [5, 5.41) is 5.73. The molecule has 2 aromatic heterocycles. The number of halogens is 2. The maximum absolute atomic E-state index is 14.7. The fraction of sp³-hybridized carbons (Fsp3) is 0.522. The summed E-state index contributed by atoms with van der Waals surface area (Å²) in [5.74, 6) is 2.94. The fourth-order valence-electron chi connectivity index (χ4n) is 4.84. The Morgan fingerprint density at radius 2 is 1.97 bits per heavy atom. The predicted octanol–water partition coefficient (Wildman–Crippen LogP) is 1.86. The van der Waals surface area contributed by atoms with Crippen LogP contribution in [0.2, 0.25) is 0 Å². The number of benzene rings is 1. The second-order valence-electron chi connectivity index (χ2n) is 8.74. The third-order valence-electron chi connectivity index (χ3n) is 6.46. The average Bonchev–Trinajstić information content (AvgIpc) is 3.07. The van der Waals surface area contributed by atoms with Gasteiger partial charge < -0.3 is 0 Å². The average molecular weight is 505 g/mol. The number of hydrogen-bond acceptors (Lipinski definition) is 3. The van der Waals surface area contributed by atoms with Gasteiger partial charge in [-0.05, 0) is 5.92 Å². The summed E-state index contributed by atoms with van der Waals surface area (Å²) in [6.07, 6.45) is 4.57. The molecule has 1 saturated carbocycles. The van der Waals surface area contributed by atoms with Crippen molar-refractivity contribution in [1.29, 1.82) is 0 Å². The molecule has 1 aliphatic carbocycles. The zero-order chi connectivity index (χ0) is 20.1. The van der Waals surface area contributed by atoms with Crippen molar-refractivity contribution in [3.8, 4) is 5.82 Å². The number of fused-ring (bicyclic) bond motifs is 1. The van der Waals surface area contributed by atoms with E-state index in [0.29, 0.717) is 5.92 Å². The molecular weight excluding hydrogens is 478 g/mol. The Labute approximate surface area is 181 Å². The van der Waals surface area contributed by atoms with Crippen LogP contribution in [0.25, 0.3) is 16.7 Å². The first-order chi connectivity index (χ1) is 14.0. The summed E-state index contributed by atoms with van der Waals surface area (Å²) < 4.78 is 18.6. The van der Waals surface area contributed by atoms with Gasteiger partial charge in [-0.25, -0.2) is 0 Å². The molecule has 0 amide bonds. The van der Waals surface area contributed by atoms with Crippen LogP contribution in [0.3, 0.4) is 0 Å². The molecule has 2 aliphatic rings. The van der Waals surface area contributed by atoms with Gasteiger partial charge in [0.1, 0.15) is 0 Å². The molecule has 0 bridgehead atoms. The molecule has 29 heavy (non-hydrogen) atoms. The summed E-state index contributed by atoms with van der Waals surface area (Å²) in [6.45, 7) is 6.35. The van der Waals surface area contributed by atoms with E-state index in [1.165, 1.54) is 22.8 Å². The summed E-state index contributed by atoms with van der Waals surface area (Å²) in [4.78, 5) is 9.38. The van der Waals surface area contributed by atoms with E-state index in [0.717, 1.165) is 50.6 Å². The van der Waals surface area contributed by atoms with Gasteiger partial charge in [0, 0.05) is 0 Å². The Morgan fingerprint density at radius 1 is 1.14 bits per heavy atom. The number of nitrogens with zero attached hydrogens (tertiary/aromatic N) is 4. The van der Waals surface area contributed by atoms with Crippen molar-refractivity contribution in [2.24, 2.45) is 5.92 Å². The quantitative estimate of drug-likeness (QED) is 0.404. The molecule has 2 atom stereocenters. The van der Waals surface area contributed by atoms with Crippen molar-refractivity contribution in [3.05, 3.63) is 47.0 Å². The van der Waals surface area contributed by atoms with Crippen molar-refractivity contribution in [1.82, 2.24) is 19.7 Å². The standard InChI is InChI=1S/C23H27FIN4/c1-13-6-16(7-13)21-10-23(28-15(3)27-21)29-22-9-19(14(2)8-17(22)12-26-29)18-4-5-25-11-20(18)24/h8-10,12-13,16,18,20H,4-7,11H2,1-3H3/q-1. The second kappa shape index (κ2) is 7.60. The van der Waals surface area contributed by atoms with Crippen LogP contribution in [0.15, 0.2) is 24.4 Å². The third kappa shape index (κ3) is 3.57. The van der Waals surface area contributed by atoms with Gasteiger partial charge in [0.15, 0.2) is 0 Å². The normalized spacial score (nSPS) is 27.4. The van der Waals surface area contributed by atoms with E-state index < -0.39 is 6.17 Å². The Hall–Kier alpha value is -1.57. The molecule has 6 heteroatoms. The van der Waals surface area contributed by atoms with Gasteiger partial charge in [-0.1, -0.05) is 6.92 Å². The fourth-order valence-corrected chi connectivity index (χ4v) is 7.60. The van der Waals surface area contributed by atoms with Crippen LogP contribution in [-0.2, 0) is 0 Å². The van der Waals surface area contributed by atoms with Crippen LogP contribution >= 0.6 is 0 Å². The van der Waals surface area contributed by atoms with E-state index in [9.17, 15) is 4.39 Å². The predicted molar refractivity (Wildman–Crippen MR) is 109 cm³/mol. The number of aryl methyl sites for hydroxylation is 2. The topological polar surface area (TPSA) is 43.6 Å². The maximum atomic E-state index is 14.7. The van der Waals surface area contributed by atoms with Crippen LogP contribution < -0.4 is 21.2 Å². The first kappa shape index (κ1) is 19.4. The molecule has 3 heterocycles. The first-order valence-corrected chi connectivity index (χ1v) is 13.6. The Bertz CT molecular complexity index is 1060. The molecule has 1 saturated heterocycles. The Morgan fingerprint density at radius 3 is 2.72 bits per heavy atom. The molecule has 154 valence electrons. The molecule has 2 fully saturated rings. The summed E-state index contributed by atoms with van der Waals surface area (Å²) in [7, 11) is 0. The summed E-state index contributed by atoms with van der Waals surface area (Å²) in [6, 6.07) is 6.42. The Kier molecular flexibility index (Phi) is 5.08. The molecule has 0 spiro atoms. The SMILES string of the molecule is Cc1nc(C2CC(C)C2)cc(-n2ncc3cc(C)c(C4CC[I-]CC4F)cc32)n1. The van der Waals surface area contributed by atoms with E-state index >= 15 is 0 Å². The van der Waals surface area contributed by atoms with Crippen molar-refractivity contribution in [2.75, 3.05) is 8.86 Å². The minimum atomic E-state index is -0.697. The van der Waals surface area contributed by atoms with Gasteiger partial charge in [-0.15, -0.1) is 0 Å². The minimum absolute atomic E-state index is 0.0235. The first-order valence-electron chi connectivity index (χ1n) is 10.5. The van der Waals surface area contributed by atoms with E-state index in [-0.39, 0.29) is 27.1 Å². The summed E-state index contributed by atoms with van der Waals surface area (Å²) >= 11 is 0.0532. The molecule has 0 N–H and O–H groups in total. The molecule has 3 aromatic rings. The molecule has 4 nitrogen and oxygen atoms in total. The molecule has 1 aliphatic heterocycles. The van der Waals surface area contributed by atoms with Crippen molar-refractivity contribution in [3.63, 3.8) is 0 Å². The Balaban J connectivity index is 1.58. The van der Waals surface area contributed by atoms with Gasteiger partial charge in [0.2, 0.25) is 0 Å². The molecule has 1 aromatic carbocycles. The van der Waals surface area contributed by atoms with Crippen LogP contribution in [0, 0.1) is 19.8 Å². The van der Waals surface area contributed by atoms with E-state index in [2.05, 4.69) is 42.1 Å². The molecule has 2 unspecified atom stereocenters. The molecule has 0 radical (unpaired) electrons. The van der Waals surface area contributed by atoms with Crippen molar-refractivity contribution in [2.45, 2.75) is 58.0 Å². The zero-order valence-corrected chi connectivity index (χ0v) is 19.4.